The van der Waals surface area contributed by atoms with Gasteiger partial charge in [0.1, 0.15) is 0 Å². The summed E-state index contributed by atoms with van der Waals surface area (Å²) in [5.41, 5.74) is 1.43. The third kappa shape index (κ3) is 3.70. The Morgan fingerprint density at radius 2 is 2.24 bits per heavy atom. The summed E-state index contributed by atoms with van der Waals surface area (Å²) >= 11 is 0. The highest BCUT2D eigenvalue weighted by molar-refractivity contribution is 5.91. The molecular weight excluding hydrogens is 268 g/mol. The molecule has 0 unspecified atom stereocenters. The van der Waals surface area contributed by atoms with Gasteiger partial charge >= 0.3 is 6.03 Å². The van der Waals surface area contributed by atoms with Crippen LogP contribution in [0.4, 0.5) is 10.5 Å². The van der Waals surface area contributed by atoms with Gasteiger partial charge in [0.05, 0.1) is 18.0 Å². The van der Waals surface area contributed by atoms with Crippen LogP contribution < -0.4 is 5.32 Å². The van der Waals surface area contributed by atoms with Gasteiger partial charge in [-0.3, -0.25) is 0 Å². The highest BCUT2D eigenvalue weighted by Crippen LogP contribution is 2.19. The van der Waals surface area contributed by atoms with E-state index in [2.05, 4.69) is 17.0 Å². The summed E-state index contributed by atoms with van der Waals surface area (Å²) in [5.74, 6) is 0. The highest BCUT2D eigenvalue weighted by atomic mass is 16.3. The van der Waals surface area contributed by atoms with Gasteiger partial charge < -0.3 is 15.3 Å². The number of nitrogens with zero attached hydrogens (tertiary/aromatic N) is 3. The smallest absolute Gasteiger partial charge is 0.322 e. The predicted molar refractivity (Wildman–Crippen MR) is 81.4 cm³/mol. The number of benzene rings is 1. The molecule has 0 saturated carbocycles. The number of carbonyl (C=O) groups is 1. The molecule has 0 fully saturated rings. The van der Waals surface area contributed by atoms with Crippen LogP contribution in [-0.4, -0.2) is 45.5 Å². The zero-order valence-electron chi connectivity index (χ0n) is 11.6. The van der Waals surface area contributed by atoms with Gasteiger partial charge in [-0.05, 0) is 18.2 Å². The summed E-state index contributed by atoms with van der Waals surface area (Å²) in [7, 11) is 0. The summed E-state index contributed by atoms with van der Waals surface area (Å²) in [6, 6.07) is 8.92. The SMILES string of the molecule is C=CCN(CCO)C(=O)Nc1ccccc1-n1cccn1. The van der Waals surface area contributed by atoms with Crippen molar-refractivity contribution in [3.63, 3.8) is 0 Å². The van der Waals surface area contributed by atoms with Crippen molar-refractivity contribution in [2.75, 3.05) is 25.0 Å². The molecule has 0 aliphatic carbocycles. The lowest BCUT2D eigenvalue weighted by molar-refractivity contribution is 0.195. The van der Waals surface area contributed by atoms with E-state index >= 15 is 0 Å². The molecule has 0 saturated heterocycles. The molecule has 2 aromatic rings. The Morgan fingerprint density at radius 1 is 1.43 bits per heavy atom. The minimum absolute atomic E-state index is 0.0952. The van der Waals surface area contributed by atoms with Crippen molar-refractivity contribution in [1.82, 2.24) is 14.7 Å². The third-order valence-electron chi connectivity index (χ3n) is 2.90. The first-order valence-corrected chi connectivity index (χ1v) is 6.63. The highest BCUT2D eigenvalue weighted by Gasteiger charge is 2.13. The Balaban J connectivity index is 2.19. The van der Waals surface area contributed by atoms with Crippen LogP contribution in [-0.2, 0) is 0 Å². The molecule has 0 bridgehead atoms. The number of urea groups is 1. The molecule has 0 atom stereocenters. The standard InChI is InChI=1S/C15H18N4O2/c1-2-9-18(11-12-20)15(21)17-13-6-3-4-7-14(13)19-10-5-8-16-19/h2-8,10,20H,1,9,11-12H2,(H,17,21). The van der Waals surface area contributed by atoms with Crippen LogP contribution in [0.1, 0.15) is 0 Å². The van der Waals surface area contributed by atoms with Crippen molar-refractivity contribution in [3.8, 4) is 5.69 Å². The second kappa shape index (κ2) is 7.25. The molecular formula is C15H18N4O2. The van der Waals surface area contributed by atoms with Crippen LogP contribution in [0.25, 0.3) is 5.69 Å². The molecule has 2 rings (SSSR count). The Kier molecular flexibility index (Phi) is 5.11. The Hall–Kier alpha value is -2.60. The molecule has 21 heavy (non-hydrogen) atoms. The van der Waals surface area contributed by atoms with Gasteiger partial charge in [-0.25, -0.2) is 9.48 Å². The number of anilines is 1. The molecule has 1 aromatic carbocycles. The van der Waals surface area contributed by atoms with E-state index in [1.165, 1.54) is 4.90 Å². The Morgan fingerprint density at radius 3 is 2.90 bits per heavy atom. The maximum Gasteiger partial charge on any atom is 0.322 e. The number of nitrogens with one attached hydrogen (secondary N) is 1. The lowest BCUT2D eigenvalue weighted by atomic mass is 10.2. The quantitative estimate of drug-likeness (QED) is 0.797. The van der Waals surface area contributed by atoms with Crippen molar-refractivity contribution in [2.24, 2.45) is 0 Å². The number of aliphatic hydroxyl groups excluding tert-OH is 1. The minimum Gasteiger partial charge on any atom is -0.395 e. The second-order valence-electron chi connectivity index (χ2n) is 4.36. The van der Waals surface area contributed by atoms with Crippen LogP contribution in [0.3, 0.4) is 0 Å². The number of hydrogen-bond donors (Lipinski definition) is 2. The number of para-hydroxylation sites is 2. The summed E-state index contributed by atoms with van der Waals surface area (Å²) < 4.78 is 1.68. The fourth-order valence-electron chi connectivity index (χ4n) is 1.94. The van der Waals surface area contributed by atoms with Gasteiger partial charge in [0.2, 0.25) is 0 Å². The topological polar surface area (TPSA) is 70.4 Å². The van der Waals surface area contributed by atoms with Gasteiger partial charge in [0.25, 0.3) is 0 Å². The lowest BCUT2D eigenvalue weighted by Gasteiger charge is -2.21. The fourth-order valence-corrected chi connectivity index (χ4v) is 1.94. The van der Waals surface area contributed by atoms with Crippen molar-refractivity contribution in [1.29, 1.82) is 0 Å². The second-order valence-corrected chi connectivity index (χ2v) is 4.36. The number of hydrogen-bond acceptors (Lipinski definition) is 3. The molecule has 1 aromatic heterocycles. The molecule has 1 heterocycles. The fraction of sp³-hybridized carbons (Fsp3) is 0.200. The van der Waals surface area contributed by atoms with Gasteiger partial charge in [-0.2, -0.15) is 5.10 Å². The van der Waals surface area contributed by atoms with Crippen LogP contribution >= 0.6 is 0 Å². The summed E-state index contributed by atoms with van der Waals surface area (Å²) in [6.07, 6.45) is 5.10. The number of aromatic nitrogens is 2. The van der Waals surface area contributed by atoms with Crippen molar-refractivity contribution < 1.29 is 9.90 Å². The zero-order valence-corrected chi connectivity index (χ0v) is 11.6. The first-order chi connectivity index (χ1) is 10.3. The lowest BCUT2D eigenvalue weighted by Crippen LogP contribution is -2.37. The molecule has 0 aliphatic rings. The molecule has 0 radical (unpaired) electrons. The summed E-state index contributed by atoms with van der Waals surface area (Å²) in [5, 5.41) is 16.0. The average Bonchev–Trinajstić information content (AvgIpc) is 3.01. The van der Waals surface area contributed by atoms with Gasteiger partial charge in [0, 0.05) is 25.5 Å². The van der Waals surface area contributed by atoms with Crippen molar-refractivity contribution in [3.05, 3.63) is 55.4 Å². The Labute approximate surface area is 123 Å². The first-order valence-electron chi connectivity index (χ1n) is 6.63. The molecule has 2 N–H and O–H groups in total. The summed E-state index contributed by atoms with van der Waals surface area (Å²) in [6.45, 7) is 4.14. The van der Waals surface area contributed by atoms with Crippen LogP contribution in [0.2, 0.25) is 0 Å². The average molecular weight is 286 g/mol. The van der Waals surface area contributed by atoms with E-state index in [0.29, 0.717) is 12.2 Å². The third-order valence-corrected chi connectivity index (χ3v) is 2.90. The first kappa shape index (κ1) is 14.8. The van der Waals surface area contributed by atoms with E-state index in [1.54, 1.807) is 29.2 Å². The molecule has 6 heteroatoms. The molecule has 0 aliphatic heterocycles. The number of rotatable bonds is 6. The van der Waals surface area contributed by atoms with E-state index in [4.69, 9.17) is 5.11 Å². The van der Waals surface area contributed by atoms with Crippen LogP contribution in [0.5, 0.6) is 0 Å². The normalized spacial score (nSPS) is 10.1. The van der Waals surface area contributed by atoms with E-state index in [0.717, 1.165) is 5.69 Å². The number of carbonyl (C=O) groups excluding carboxylic acids is 1. The van der Waals surface area contributed by atoms with Crippen molar-refractivity contribution >= 4 is 11.7 Å². The van der Waals surface area contributed by atoms with E-state index in [9.17, 15) is 4.79 Å². The summed E-state index contributed by atoms with van der Waals surface area (Å²) in [4.78, 5) is 13.7. The van der Waals surface area contributed by atoms with Gasteiger partial charge in [0.15, 0.2) is 0 Å². The van der Waals surface area contributed by atoms with E-state index < -0.39 is 0 Å². The number of amides is 2. The molecule has 6 nitrogen and oxygen atoms in total. The predicted octanol–water partition coefficient (Wildman–Crippen LogP) is 1.88. The largest absolute Gasteiger partial charge is 0.395 e. The maximum absolute atomic E-state index is 12.2. The number of aliphatic hydroxyl groups is 1. The van der Waals surface area contributed by atoms with Crippen molar-refractivity contribution in [2.45, 2.75) is 0 Å². The van der Waals surface area contributed by atoms with E-state index in [-0.39, 0.29) is 19.2 Å². The Bertz CT molecular complexity index is 595. The monoisotopic (exact) mass is 286 g/mol. The zero-order chi connectivity index (χ0) is 15.1. The minimum atomic E-state index is -0.288. The van der Waals surface area contributed by atoms with Gasteiger partial charge in [-0.15, -0.1) is 6.58 Å². The molecule has 0 spiro atoms. The maximum atomic E-state index is 12.2. The molecule has 110 valence electrons. The van der Waals surface area contributed by atoms with Crippen LogP contribution in [0.15, 0.2) is 55.4 Å². The molecule has 2 amide bonds. The van der Waals surface area contributed by atoms with E-state index in [1.807, 2.05) is 24.3 Å². The van der Waals surface area contributed by atoms with Gasteiger partial charge in [-0.1, -0.05) is 18.2 Å². The van der Waals surface area contributed by atoms with Crippen LogP contribution in [0, 0.1) is 0 Å².